The fraction of sp³-hybridized carbons (Fsp3) is 0.450. The number of ether oxygens (including phenoxy) is 1. The normalized spacial score (nSPS) is 20.3. The number of rotatable bonds is 5. The summed E-state index contributed by atoms with van der Waals surface area (Å²) in [6.07, 6.45) is 3.67. The number of nitrogens with zero attached hydrogens (tertiary/aromatic N) is 2. The third-order valence-corrected chi connectivity index (χ3v) is 5.24. The Morgan fingerprint density at radius 2 is 1.79 bits per heavy atom. The molecule has 0 radical (unpaired) electrons. The number of anilines is 1. The van der Waals surface area contributed by atoms with Gasteiger partial charge in [-0.3, -0.25) is 5.41 Å². The lowest BCUT2D eigenvalue weighted by Crippen LogP contribution is -2.35. The van der Waals surface area contributed by atoms with Crippen LogP contribution in [0.2, 0.25) is 0 Å². The Hall–Kier alpha value is -2.09. The second-order valence-corrected chi connectivity index (χ2v) is 7.23. The van der Waals surface area contributed by atoms with Gasteiger partial charge in [0.05, 0.1) is 0 Å². The van der Waals surface area contributed by atoms with Crippen LogP contribution in [0.4, 0.5) is 5.95 Å². The molecule has 1 fully saturated rings. The molecule has 7 nitrogen and oxygen atoms in total. The highest BCUT2D eigenvalue weighted by atomic mass is 35.5. The van der Waals surface area contributed by atoms with Gasteiger partial charge in [0, 0.05) is 23.4 Å². The molecule has 0 bridgehead atoms. The standard InChI is InChI=1S/C20H27N5O.2ClH.H2O/c1-12-5-4-6-17(14(12)3)24-20-23-13(2)11-18(25-20)26-16-9-7-15(8-10-16)19(21)22;;;/h7-12,14,17H,4-6H2,1-3H3,(H3,21,22)(H,23,24,25);2*1H;1H2. The Balaban J connectivity index is 0.00000261. The lowest BCUT2D eigenvalue weighted by Gasteiger charge is -2.34. The average Bonchev–Trinajstić information content (AvgIpc) is 2.59. The van der Waals surface area contributed by atoms with E-state index < -0.39 is 0 Å². The molecule has 2 aromatic rings. The van der Waals surface area contributed by atoms with Gasteiger partial charge < -0.3 is 21.3 Å². The van der Waals surface area contributed by atoms with E-state index in [4.69, 9.17) is 15.9 Å². The van der Waals surface area contributed by atoms with Gasteiger partial charge in [-0.25, -0.2) is 4.98 Å². The number of aryl methyl sites for hydroxylation is 1. The van der Waals surface area contributed by atoms with Crippen molar-refractivity contribution in [1.29, 1.82) is 5.41 Å². The first kappa shape index (κ1) is 26.9. The van der Waals surface area contributed by atoms with Crippen LogP contribution >= 0.6 is 24.8 Å². The van der Waals surface area contributed by atoms with Gasteiger partial charge in [-0.2, -0.15) is 4.98 Å². The van der Waals surface area contributed by atoms with Crippen molar-refractivity contribution in [2.45, 2.75) is 46.1 Å². The van der Waals surface area contributed by atoms with Gasteiger partial charge in [0.2, 0.25) is 11.8 Å². The molecule has 1 aliphatic carbocycles. The van der Waals surface area contributed by atoms with E-state index in [0.717, 1.165) is 12.1 Å². The monoisotopic (exact) mass is 443 g/mol. The molecule has 9 heteroatoms. The highest BCUT2D eigenvalue weighted by Crippen LogP contribution is 2.31. The molecule has 1 heterocycles. The molecular formula is C20H31Cl2N5O2. The topological polar surface area (TPSA) is 128 Å². The second-order valence-electron chi connectivity index (χ2n) is 7.23. The molecule has 6 N–H and O–H groups in total. The van der Waals surface area contributed by atoms with Gasteiger partial charge in [-0.05, 0) is 49.4 Å². The Bertz CT molecular complexity index is 789. The quantitative estimate of drug-likeness (QED) is 0.472. The third-order valence-electron chi connectivity index (χ3n) is 5.24. The minimum atomic E-state index is 0. The van der Waals surface area contributed by atoms with E-state index >= 15 is 0 Å². The number of hydrogen-bond acceptors (Lipinski definition) is 5. The van der Waals surface area contributed by atoms with Crippen LogP contribution in [-0.4, -0.2) is 27.3 Å². The zero-order valence-corrected chi connectivity index (χ0v) is 18.6. The lowest BCUT2D eigenvalue weighted by molar-refractivity contribution is 0.252. The molecule has 29 heavy (non-hydrogen) atoms. The highest BCUT2D eigenvalue weighted by molar-refractivity contribution is 5.94. The van der Waals surface area contributed by atoms with Crippen LogP contribution < -0.4 is 15.8 Å². The average molecular weight is 444 g/mol. The number of halogens is 2. The molecule has 3 atom stereocenters. The summed E-state index contributed by atoms with van der Waals surface area (Å²) in [7, 11) is 0. The Morgan fingerprint density at radius 3 is 2.41 bits per heavy atom. The third kappa shape index (κ3) is 7.03. The van der Waals surface area contributed by atoms with Crippen molar-refractivity contribution < 1.29 is 10.2 Å². The minimum absolute atomic E-state index is 0. The molecule has 3 unspecified atom stereocenters. The molecule has 1 saturated carbocycles. The Morgan fingerprint density at radius 1 is 1.14 bits per heavy atom. The zero-order chi connectivity index (χ0) is 18.7. The van der Waals surface area contributed by atoms with Gasteiger partial charge in [0.1, 0.15) is 11.6 Å². The maximum atomic E-state index is 7.44. The molecule has 0 aliphatic heterocycles. The van der Waals surface area contributed by atoms with Crippen molar-refractivity contribution in [3.05, 3.63) is 41.6 Å². The highest BCUT2D eigenvalue weighted by Gasteiger charge is 2.27. The van der Waals surface area contributed by atoms with Crippen LogP contribution in [0.15, 0.2) is 30.3 Å². The van der Waals surface area contributed by atoms with E-state index in [1.807, 2.05) is 13.0 Å². The maximum Gasteiger partial charge on any atom is 0.226 e. The zero-order valence-electron chi connectivity index (χ0n) is 16.9. The Kier molecular flexibility index (Phi) is 11.0. The molecule has 1 aliphatic rings. The summed E-state index contributed by atoms with van der Waals surface area (Å²) in [5, 5.41) is 10.9. The van der Waals surface area contributed by atoms with Crippen molar-refractivity contribution >= 4 is 36.6 Å². The molecule has 0 spiro atoms. The first-order valence-electron chi connectivity index (χ1n) is 9.17. The number of benzene rings is 1. The van der Waals surface area contributed by atoms with E-state index in [1.54, 1.807) is 24.3 Å². The summed E-state index contributed by atoms with van der Waals surface area (Å²) >= 11 is 0. The van der Waals surface area contributed by atoms with Gasteiger partial charge in [0.15, 0.2) is 0 Å². The summed E-state index contributed by atoms with van der Waals surface area (Å²) in [6.45, 7) is 6.55. The van der Waals surface area contributed by atoms with E-state index in [2.05, 4.69) is 29.1 Å². The van der Waals surface area contributed by atoms with Gasteiger partial charge in [-0.1, -0.05) is 26.7 Å². The second kappa shape index (κ2) is 11.8. The van der Waals surface area contributed by atoms with Crippen molar-refractivity contribution in [2.75, 3.05) is 5.32 Å². The molecule has 162 valence electrons. The summed E-state index contributed by atoms with van der Waals surface area (Å²) in [5.41, 5.74) is 7.00. The number of amidine groups is 1. The summed E-state index contributed by atoms with van der Waals surface area (Å²) in [5.74, 6) is 3.12. The van der Waals surface area contributed by atoms with E-state index in [0.29, 0.717) is 41.0 Å². The molecule has 1 aromatic heterocycles. The molecule has 1 aromatic carbocycles. The van der Waals surface area contributed by atoms with Crippen molar-refractivity contribution in [3.63, 3.8) is 0 Å². The van der Waals surface area contributed by atoms with Crippen LogP contribution in [-0.2, 0) is 0 Å². The number of hydrogen-bond donors (Lipinski definition) is 3. The van der Waals surface area contributed by atoms with E-state index in [9.17, 15) is 0 Å². The molecule has 0 amide bonds. The molecule has 0 saturated heterocycles. The lowest BCUT2D eigenvalue weighted by atomic mass is 9.78. The fourth-order valence-corrected chi connectivity index (χ4v) is 3.43. The number of nitrogens with one attached hydrogen (secondary N) is 2. The van der Waals surface area contributed by atoms with Crippen molar-refractivity contribution in [2.24, 2.45) is 17.6 Å². The van der Waals surface area contributed by atoms with Crippen molar-refractivity contribution in [1.82, 2.24) is 9.97 Å². The van der Waals surface area contributed by atoms with Gasteiger partial charge in [-0.15, -0.1) is 24.8 Å². The van der Waals surface area contributed by atoms with Crippen LogP contribution in [0.3, 0.4) is 0 Å². The van der Waals surface area contributed by atoms with Crippen LogP contribution in [0.5, 0.6) is 11.6 Å². The summed E-state index contributed by atoms with van der Waals surface area (Å²) in [4.78, 5) is 9.05. The van der Waals surface area contributed by atoms with E-state index in [1.165, 1.54) is 12.8 Å². The first-order chi connectivity index (χ1) is 12.4. The van der Waals surface area contributed by atoms with Crippen LogP contribution in [0.25, 0.3) is 0 Å². The number of nitrogens with two attached hydrogens (primary N) is 1. The first-order valence-corrected chi connectivity index (χ1v) is 9.17. The smallest absolute Gasteiger partial charge is 0.226 e. The predicted molar refractivity (Wildman–Crippen MR) is 122 cm³/mol. The Labute approximate surface area is 184 Å². The van der Waals surface area contributed by atoms with Gasteiger partial charge in [0.25, 0.3) is 0 Å². The summed E-state index contributed by atoms with van der Waals surface area (Å²) < 4.78 is 5.87. The molecule has 3 rings (SSSR count). The van der Waals surface area contributed by atoms with E-state index in [-0.39, 0.29) is 36.1 Å². The predicted octanol–water partition coefficient (Wildman–Crippen LogP) is 4.12. The minimum Gasteiger partial charge on any atom is -0.439 e. The largest absolute Gasteiger partial charge is 0.439 e. The number of nitrogen functional groups attached to an aromatic ring is 1. The fourth-order valence-electron chi connectivity index (χ4n) is 3.43. The van der Waals surface area contributed by atoms with Crippen molar-refractivity contribution in [3.8, 4) is 11.6 Å². The molecular weight excluding hydrogens is 413 g/mol. The SMILES string of the molecule is Cc1cc(Oc2ccc(C(=N)N)cc2)nc(NC2CCCC(C)C2C)n1.Cl.Cl.O. The van der Waals surface area contributed by atoms with Crippen LogP contribution in [0, 0.1) is 24.2 Å². The van der Waals surface area contributed by atoms with Crippen LogP contribution in [0.1, 0.15) is 44.4 Å². The van der Waals surface area contributed by atoms with Gasteiger partial charge >= 0.3 is 0 Å². The maximum absolute atomic E-state index is 7.44. The summed E-state index contributed by atoms with van der Waals surface area (Å²) in [6, 6.07) is 9.30. The number of aromatic nitrogens is 2.